The quantitative estimate of drug-likeness (QED) is 0.0255. The molecule has 6 aliphatic rings. The summed E-state index contributed by atoms with van der Waals surface area (Å²) in [6, 6.07) is 0. The van der Waals surface area contributed by atoms with Crippen molar-refractivity contribution in [1.29, 1.82) is 0 Å². The van der Waals surface area contributed by atoms with Crippen molar-refractivity contribution < 1.29 is 132 Å². The minimum atomic E-state index is -6.83. The molecule has 12 rings (SSSR count). The Morgan fingerprint density at radius 2 is 0.277 bits per heavy atom. The summed E-state index contributed by atoms with van der Waals surface area (Å²) in [7, 11) is -6.97. The van der Waals surface area contributed by atoms with Crippen molar-refractivity contribution in [2.45, 2.75) is 227 Å². The van der Waals surface area contributed by atoms with E-state index >= 15 is 78.9 Å². The van der Waals surface area contributed by atoms with Crippen LogP contribution in [0.4, 0.5) is 132 Å². The van der Waals surface area contributed by atoms with Gasteiger partial charge in [0, 0.05) is 0 Å². The van der Waals surface area contributed by atoms with E-state index in [0.717, 1.165) is 38.5 Å². The van der Waals surface area contributed by atoms with Crippen LogP contribution in [0.5, 0.6) is 0 Å². The highest BCUT2D eigenvalue weighted by Crippen LogP contribution is 2.78. The summed E-state index contributed by atoms with van der Waals surface area (Å²) in [6.07, 6.45) is 3.13. The van der Waals surface area contributed by atoms with Gasteiger partial charge in [0.1, 0.15) is 69.8 Å². The fourth-order valence-corrected chi connectivity index (χ4v) is 34.2. The van der Waals surface area contributed by atoms with Gasteiger partial charge in [-0.15, -0.1) is 46.4 Å². The second kappa shape index (κ2) is 37.5. The molecule has 620 valence electrons. The summed E-state index contributed by atoms with van der Waals surface area (Å²) in [4.78, 5) is 0. The summed E-state index contributed by atoms with van der Waals surface area (Å²) in [5.41, 5.74) is -21.2. The molecule has 38 heteroatoms. The summed E-state index contributed by atoms with van der Waals surface area (Å²) >= 11 is 19.1. The molecule has 0 atom stereocenters. The fraction of sp³-hybridized carbons (Fsp3) is 0.514. The van der Waals surface area contributed by atoms with Crippen LogP contribution in [0.15, 0.2) is 0 Å². The van der Waals surface area contributed by atoms with Gasteiger partial charge >= 0.3 is 0 Å². The minimum absolute atomic E-state index is 0.194. The van der Waals surface area contributed by atoms with Gasteiger partial charge in [-0.1, -0.05) is 71.3 Å². The molecule has 6 aliphatic carbocycles. The van der Waals surface area contributed by atoms with Gasteiger partial charge in [-0.2, -0.15) is 17.6 Å². The van der Waals surface area contributed by atoms with E-state index in [1.54, 1.807) is 0 Å². The number of hydrogen-bond donors (Lipinski definition) is 0. The zero-order valence-corrected chi connectivity index (χ0v) is 63.8. The van der Waals surface area contributed by atoms with Crippen LogP contribution in [0.3, 0.4) is 0 Å². The van der Waals surface area contributed by atoms with Crippen LogP contribution in [-0.4, -0.2) is 57.5 Å². The molecule has 6 aromatic carbocycles. The van der Waals surface area contributed by atoms with E-state index in [0.29, 0.717) is 154 Å². The predicted octanol–water partition coefficient (Wildman–Crippen LogP) is 23.3. The zero-order chi connectivity index (χ0) is 82.9. The molecule has 6 saturated carbocycles. The van der Waals surface area contributed by atoms with Gasteiger partial charge in [0.2, 0.25) is 23.3 Å². The van der Waals surface area contributed by atoms with Crippen LogP contribution in [-0.2, 0) is 0 Å². The van der Waals surface area contributed by atoms with Crippen molar-refractivity contribution in [2.24, 2.45) is 0 Å². The van der Waals surface area contributed by atoms with Gasteiger partial charge in [-0.25, -0.2) is 105 Å². The lowest BCUT2D eigenvalue weighted by molar-refractivity contribution is 0.380. The van der Waals surface area contributed by atoms with Crippen molar-refractivity contribution in [1.82, 2.24) is 0 Å². The van der Waals surface area contributed by atoms with Gasteiger partial charge in [0.25, 0.3) is 12.8 Å². The minimum Gasteiger partial charge on any atom is -0.498 e. The molecule has 0 N–H and O–H groups in total. The second-order valence-corrected chi connectivity index (χ2v) is 39.3. The molecular formula is C74H70B2Cl4F30P2. The lowest BCUT2D eigenvalue weighted by atomic mass is 9.30. The maximum Gasteiger partial charge on any atom is 0.251 e. The Morgan fingerprint density at radius 3 is 0.393 bits per heavy atom. The lowest BCUT2D eigenvalue weighted by Gasteiger charge is -2.49. The van der Waals surface area contributed by atoms with Crippen LogP contribution < -0.4 is 43.4 Å². The van der Waals surface area contributed by atoms with Crippen LogP contribution in [0.1, 0.15) is 193 Å². The van der Waals surface area contributed by atoms with Crippen LogP contribution in [0.2, 0.25) is 0 Å². The average molecular weight is 1750 g/mol. The maximum atomic E-state index is 17.8. The smallest absolute Gasteiger partial charge is 0.251 e. The summed E-state index contributed by atoms with van der Waals surface area (Å²) in [5, 5.41) is -1.76. The van der Waals surface area contributed by atoms with Crippen LogP contribution in [0, 0.1) is 163 Å². The van der Waals surface area contributed by atoms with E-state index in [9.17, 15) is 52.7 Å². The molecule has 0 amide bonds. The average Bonchev–Trinajstić information content (AvgIpc) is 0.698. The highest BCUT2D eigenvalue weighted by molar-refractivity contribution is 7.85. The Kier molecular flexibility index (Phi) is 30.6. The molecule has 6 aromatic rings. The number of halogens is 34. The Hall–Kier alpha value is -4.63. The fourth-order valence-electron chi connectivity index (χ4n) is 19.3. The van der Waals surface area contributed by atoms with Gasteiger partial charge in [-0.3, -0.25) is 0 Å². The SMILES string of the molecule is ClCCl.ClCCl.Fc1c(F)c(F)c([B-](F)(c2c(F)c(F)c(F)c(F)c2F)c2c(F)c(F)c([P+](C3CCCCC3)(C3CCCCC3)C3CCCCC3)c(F)c2F)c(F)c1F.Fc1c(F)c(F)c([B-](F)(c2c(F)c(F)c(F)c(F)c2F)c2c(F)c(F)c([P+](C3CCCCC3)(C3CCCCC3)C3CCCCC3)c(F)c2F)c(F)c1F. The van der Waals surface area contributed by atoms with E-state index in [1.807, 2.05) is 0 Å². The third-order valence-corrected chi connectivity index (χ3v) is 36.4. The molecule has 0 nitrogen and oxygen atoms in total. The third-order valence-electron chi connectivity index (χ3n) is 23.8. The number of benzene rings is 6. The highest BCUT2D eigenvalue weighted by atomic mass is 35.5. The first-order valence-corrected chi connectivity index (χ1v) is 42.6. The number of alkyl halides is 4. The van der Waals surface area contributed by atoms with Crippen molar-refractivity contribution in [3.63, 3.8) is 0 Å². The van der Waals surface area contributed by atoms with E-state index in [1.165, 1.54) is 0 Å². The first kappa shape index (κ1) is 91.3. The number of hydrogen-bond acceptors (Lipinski definition) is 0. The largest absolute Gasteiger partial charge is 0.498 e. The van der Waals surface area contributed by atoms with Crippen LogP contribution in [0.25, 0.3) is 0 Å². The summed E-state index contributed by atoms with van der Waals surface area (Å²) < 4.78 is 468. The molecular weight excluding hydrogens is 1680 g/mol. The molecule has 112 heavy (non-hydrogen) atoms. The van der Waals surface area contributed by atoms with Gasteiger partial charge < -0.3 is 8.63 Å². The molecule has 0 saturated heterocycles. The Labute approximate surface area is 645 Å². The third kappa shape index (κ3) is 15.6. The van der Waals surface area contributed by atoms with E-state index in [2.05, 4.69) is 0 Å². The molecule has 0 unspecified atom stereocenters. The molecule has 0 spiro atoms. The van der Waals surface area contributed by atoms with Gasteiger partial charge in [0.05, 0.1) is 59.2 Å². The molecule has 0 aliphatic heterocycles. The normalized spacial score (nSPS) is 17.9. The zero-order valence-electron chi connectivity index (χ0n) is 59.0. The van der Waals surface area contributed by atoms with Gasteiger partial charge in [0.15, 0.2) is 80.4 Å². The monoisotopic (exact) mass is 1750 g/mol. The standard InChI is InChI=1S/2C36H33BF15P.2CH2Cl2/c2*38-22-19(23(39)29(45)32(48)28(22)44)37(52,20-24(40)30(46)33(49)31(47)25(20)41)21-26(42)34(50)36(35(51)27(21)43)53(16-10-4-1-5-11-16,17-12-6-2-7-13-17)18-14-8-3-9-15-18;2*2-1-3/h2*16-18H,1-15H2;2*1H2. The highest BCUT2D eigenvalue weighted by Gasteiger charge is 2.66. The van der Waals surface area contributed by atoms with E-state index < -0.39 is 268 Å². The first-order valence-electron chi connectivity index (χ1n) is 36.4. The van der Waals surface area contributed by atoms with Gasteiger partial charge in [-0.05, 0) is 154 Å². The molecule has 0 heterocycles. The Morgan fingerprint density at radius 1 is 0.179 bits per heavy atom. The molecule has 6 fully saturated rings. The van der Waals surface area contributed by atoms with Crippen LogP contribution >= 0.6 is 60.9 Å². The van der Waals surface area contributed by atoms with Crippen molar-refractivity contribution in [3.05, 3.63) is 163 Å². The number of rotatable bonds is 14. The second-order valence-electron chi connectivity index (χ2n) is 29.1. The maximum absolute atomic E-state index is 17.8. The predicted molar refractivity (Wildman–Crippen MR) is 376 cm³/mol. The Balaban J connectivity index is 0.000000240. The first-order chi connectivity index (χ1) is 52.9. The molecule has 0 radical (unpaired) electrons. The van der Waals surface area contributed by atoms with E-state index in [4.69, 9.17) is 46.4 Å². The molecule has 0 aromatic heterocycles. The van der Waals surface area contributed by atoms with Crippen molar-refractivity contribution in [2.75, 3.05) is 10.7 Å². The summed E-state index contributed by atoms with van der Waals surface area (Å²) in [6.45, 7) is 0. The molecule has 0 bridgehead atoms. The Bertz CT molecular complexity index is 3760. The van der Waals surface area contributed by atoms with E-state index in [-0.39, 0.29) is 10.7 Å². The topological polar surface area (TPSA) is 0 Å². The van der Waals surface area contributed by atoms with Crippen molar-refractivity contribution in [3.8, 4) is 0 Å². The van der Waals surface area contributed by atoms with Crippen molar-refractivity contribution >= 4 is 117 Å². The lowest BCUT2D eigenvalue weighted by Crippen LogP contribution is -2.71. The summed E-state index contributed by atoms with van der Waals surface area (Å²) in [5.74, 6) is -83.9.